The van der Waals surface area contributed by atoms with Gasteiger partial charge >= 0.3 is 5.97 Å². The molecule has 2 aromatic carbocycles. The number of hydrogen-bond acceptors (Lipinski definition) is 4. The van der Waals surface area contributed by atoms with Gasteiger partial charge in [-0.25, -0.2) is 10.2 Å². The minimum Gasteiger partial charge on any atom is -0.465 e. The first kappa shape index (κ1) is 15.9. The lowest BCUT2D eigenvalue weighted by Gasteiger charge is -2.02. The quantitative estimate of drug-likeness (QED) is 0.517. The Balaban J connectivity index is 1.99. The first-order valence-corrected chi connectivity index (χ1v) is 7.17. The van der Waals surface area contributed by atoms with Crippen molar-refractivity contribution in [2.45, 2.75) is 0 Å². The largest absolute Gasteiger partial charge is 0.465 e. The molecule has 1 N–H and O–H groups in total. The molecular formula is C16H13BrN2O3. The van der Waals surface area contributed by atoms with Crippen molar-refractivity contribution in [1.82, 2.24) is 5.43 Å². The van der Waals surface area contributed by atoms with Crippen molar-refractivity contribution in [2.24, 2.45) is 5.10 Å². The Labute approximate surface area is 136 Å². The number of carbonyl (C=O) groups is 2. The maximum atomic E-state index is 11.9. The third-order valence-electron chi connectivity index (χ3n) is 2.83. The van der Waals surface area contributed by atoms with E-state index >= 15 is 0 Å². The molecule has 22 heavy (non-hydrogen) atoms. The number of esters is 1. The summed E-state index contributed by atoms with van der Waals surface area (Å²) in [5, 5.41) is 3.89. The molecule has 5 nitrogen and oxygen atoms in total. The molecule has 112 valence electrons. The van der Waals surface area contributed by atoms with Crippen LogP contribution in [0, 0.1) is 0 Å². The summed E-state index contributed by atoms with van der Waals surface area (Å²) >= 11 is 3.31. The number of ether oxygens (including phenoxy) is 1. The molecule has 1 amide bonds. The molecule has 0 fully saturated rings. The van der Waals surface area contributed by atoms with Gasteiger partial charge in [0.2, 0.25) is 0 Å². The Morgan fingerprint density at radius 1 is 1.14 bits per heavy atom. The third-order valence-corrected chi connectivity index (χ3v) is 3.52. The summed E-state index contributed by atoms with van der Waals surface area (Å²) in [7, 11) is 1.33. The van der Waals surface area contributed by atoms with E-state index in [0.29, 0.717) is 15.6 Å². The molecule has 0 atom stereocenters. The highest BCUT2D eigenvalue weighted by Gasteiger charge is 2.07. The van der Waals surface area contributed by atoms with Gasteiger partial charge in [-0.1, -0.05) is 24.3 Å². The van der Waals surface area contributed by atoms with Crippen LogP contribution in [-0.4, -0.2) is 25.2 Å². The summed E-state index contributed by atoms with van der Waals surface area (Å²) in [5.41, 5.74) is 4.15. The highest BCUT2D eigenvalue weighted by atomic mass is 79.9. The van der Waals surface area contributed by atoms with Gasteiger partial charge in [-0.15, -0.1) is 0 Å². The number of methoxy groups -OCH3 is 1. The topological polar surface area (TPSA) is 67.8 Å². The summed E-state index contributed by atoms with van der Waals surface area (Å²) in [6, 6.07) is 13.7. The van der Waals surface area contributed by atoms with E-state index in [2.05, 4.69) is 31.2 Å². The van der Waals surface area contributed by atoms with Crippen LogP contribution in [0.15, 0.2) is 58.1 Å². The van der Waals surface area contributed by atoms with Crippen LogP contribution >= 0.6 is 15.9 Å². The number of amides is 1. The standard InChI is InChI=1S/C16H13BrN2O3/c1-22-16(21)12-8-6-11(7-9-12)10-18-19-15(20)13-4-2-3-5-14(13)17/h2-10H,1H3,(H,19,20). The highest BCUT2D eigenvalue weighted by Crippen LogP contribution is 2.15. The summed E-state index contributed by atoms with van der Waals surface area (Å²) in [4.78, 5) is 23.2. The number of carbonyl (C=O) groups excluding carboxylic acids is 2. The molecule has 0 radical (unpaired) electrons. The molecular weight excluding hydrogens is 348 g/mol. The van der Waals surface area contributed by atoms with Crippen molar-refractivity contribution >= 4 is 34.0 Å². The van der Waals surface area contributed by atoms with E-state index < -0.39 is 5.97 Å². The summed E-state index contributed by atoms with van der Waals surface area (Å²) in [6.07, 6.45) is 1.50. The Bertz CT molecular complexity index is 712. The lowest BCUT2D eigenvalue weighted by Crippen LogP contribution is -2.18. The number of rotatable bonds is 4. The second-order valence-corrected chi connectivity index (χ2v) is 5.15. The minimum absolute atomic E-state index is 0.310. The smallest absolute Gasteiger partial charge is 0.337 e. The molecule has 0 heterocycles. The van der Waals surface area contributed by atoms with Crippen LogP contribution < -0.4 is 5.43 Å². The molecule has 0 saturated carbocycles. The number of hydrazone groups is 1. The number of nitrogens with zero attached hydrogens (tertiary/aromatic N) is 1. The Morgan fingerprint density at radius 3 is 2.45 bits per heavy atom. The first-order valence-electron chi connectivity index (χ1n) is 6.38. The lowest BCUT2D eigenvalue weighted by atomic mass is 10.1. The van der Waals surface area contributed by atoms with Gasteiger partial charge in [0.15, 0.2) is 0 Å². The average Bonchev–Trinajstić information content (AvgIpc) is 2.55. The molecule has 2 rings (SSSR count). The van der Waals surface area contributed by atoms with Crippen LogP contribution in [0.25, 0.3) is 0 Å². The molecule has 0 saturated heterocycles. The predicted octanol–water partition coefficient (Wildman–Crippen LogP) is 3.00. The summed E-state index contributed by atoms with van der Waals surface area (Å²) in [6.45, 7) is 0. The molecule has 6 heteroatoms. The molecule has 2 aromatic rings. The number of hydrogen-bond donors (Lipinski definition) is 1. The van der Waals surface area contributed by atoms with Gasteiger partial charge in [0.05, 0.1) is 24.5 Å². The minimum atomic E-state index is -0.397. The fraction of sp³-hybridized carbons (Fsp3) is 0.0625. The van der Waals surface area contributed by atoms with E-state index in [0.717, 1.165) is 5.56 Å². The van der Waals surface area contributed by atoms with Gasteiger partial charge in [-0.2, -0.15) is 5.10 Å². The van der Waals surface area contributed by atoms with E-state index in [9.17, 15) is 9.59 Å². The zero-order chi connectivity index (χ0) is 15.9. The van der Waals surface area contributed by atoms with Crippen molar-refractivity contribution in [3.05, 3.63) is 69.7 Å². The fourth-order valence-electron chi connectivity index (χ4n) is 1.69. The predicted molar refractivity (Wildman–Crippen MR) is 87.0 cm³/mol. The molecule has 0 spiro atoms. The van der Waals surface area contributed by atoms with E-state index in [-0.39, 0.29) is 5.91 Å². The zero-order valence-corrected chi connectivity index (χ0v) is 13.3. The van der Waals surface area contributed by atoms with Crippen molar-refractivity contribution < 1.29 is 14.3 Å². The number of halogens is 1. The van der Waals surface area contributed by atoms with Crippen LogP contribution in [-0.2, 0) is 4.74 Å². The monoisotopic (exact) mass is 360 g/mol. The number of nitrogens with one attached hydrogen (secondary N) is 1. The second-order valence-electron chi connectivity index (χ2n) is 4.29. The van der Waals surface area contributed by atoms with Gasteiger partial charge in [0, 0.05) is 4.47 Å². The zero-order valence-electron chi connectivity index (χ0n) is 11.7. The molecule has 0 aliphatic heterocycles. The fourth-order valence-corrected chi connectivity index (χ4v) is 2.16. The molecule has 0 aromatic heterocycles. The van der Waals surface area contributed by atoms with Gasteiger partial charge in [0.1, 0.15) is 0 Å². The van der Waals surface area contributed by atoms with Crippen LogP contribution in [0.2, 0.25) is 0 Å². The highest BCUT2D eigenvalue weighted by molar-refractivity contribution is 9.10. The van der Waals surface area contributed by atoms with E-state index in [1.54, 1.807) is 42.5 Å². The second kappa shape index (κ2) is 7.51. The van der Waals surface area contributed by atoms with Gasteiger partial charge in [-0.05, 0) is 45.8 Å². The van der Waals surface area contributed by atoms with E-state index in [1.165, 1.54) is 13.3 Å². The van der Waals surface area contributed by atoms with E-state index in [4.69, 9.17) is 0 Å². The molecule has 0 aliphatic rings. The average molecular weight is 361 g/mol. The maximum absolute atomic E-state index is 11.9. The van der Waals surface area contributed by atoms with Gasteiger partial charge < -0.3 is 4.74 Å². The van der Waals surface area contributed by atoms with Crippen molar-refractivity contribution in [1.29, 1.82) is 0 Å². The Hall–Kier alpha value is -2.47. The van der Waals surface area contributed by atoms with Crippen LogP contribution in [0.1, 0.15) is 26.3 Å². The molecule has 0 bridgehead atoms. The van der Waals surface area contributed by atoms with Crippen LogP contribution in [0.3, 0.4) is 0 Å². The van der Waals surface area contributed by atoms with Gasteiger partial charge in [-0.3, -0.25) is 4.79 Å². The maximum Gasteiger partial charge on any atom is 0.337 e. The molecule has 0 aliphatic carbocycles. The van der Waals surface area contributed by atoms with Crippen LogP contribution in [0.5, 0.6) is 0 Å². The normalized spacial score (nSPS) is 10.5. The SMILES string of the molecule is COC(=O)c1ccc(C=NNC(=O)c2ccccc2Br)cc1. The van der Waals surface area contributed by atoms with Crippen molar-refractivity contribution in [3.63, 3.8) is 0 Å². The number of benzene rings is 2. The third kappa shape index (κ3) is 4.02. The summed E-state index contributed by atoms with van der Waals surface area (Å²) < 4.78 is 5.31. The van der Waals surface area contributed by atoms with E-state index in [1.807, 2.05) is 6.07 Å². The molecule has 0 unspecified atom stereocenters. The Kier molecular flexibility index (Phi) is 5.43. The van der Waals surface area contributed by atoms with Crippen molar-refractivity contribution in [2.75, 3.05) is 7.11 Å². The van der Waals surface area contributed by atoms with Crippen molar-refractivity contribution in [3.8, 4) is 0 Å². The lowest BCUT2D eigenvalue weighted by molar-refractivity contribution is 0.0600. The van der Waals surface area contributed by atoms with Crippen LogP contribution in [0.4, 0.5) is 0 Å². The van der Waals surface area contributed by atoms with Gasteiger partial charge in [0.25, 0.3) is 5.91 Å². The Morgan fingerprint density at radius 2 is 1.82 bits per heavy atom. The summed E-state index contributed by atoms with van der Waals surface area (Å²) in [5.74, 6) is -0.708. The first-order chi connectivity index (χ1) is 10.6.